The minimum absolute atomic E-state index is 0.0606. The molecular formula is C17H11ClN4O4S. The van der Waals surface area contributed by atoms with Crippen LogP contribution in [0.4, 0.5) is 5.69 Å². The van der Waals surface area contributed by atoms with Crippen molar-refractivity contribution in [1.29, 1.82) is 0 Å². The van der Waals surface area contributed by atoms with Gasteiger partial charge in [0.05, 0.1) is 16.0 Å². The van der Waals surface area contributed by atoms with Gasteiger partial charge in [-0.05, 0) is 36.0 Å². The third-order valence-electron chi connectivity index (χ3n) is 3.41. The maximum absolute atomic E-state index is 12.1. The van der Waals surface area contributed by atoms with Crippen molar-refractivity contribution in [2.75, 3.05) is 0 Å². The van der Waals surface area contributed by atoms with Crippen molar-refractivity contribution in [3.63, 3.8) is 0 Å². The lowest BCUT2D eigenvalue weighted by molar-refractivity contribution is -0.384. The van der Waals surface area contributed by atoms with Crippen LogP contribution in [0.3, 0.4) is 0 Å². The molecule has 1 heterocycles. The maximum Gasteiger partial charge on any atom is 0.270 e. The van der Waals surface area contributed by atoms with Gasteiger partial charge in [0.2, 0.25) is 0 Å². The van der Waals surface area contributed by atoms with Gasteiger partial charge in [0.1, 0.15) is 5.75 Å². The zero-order valence-electron chi connectivity index (χ0n) is 13.5. The molecule has 2 N–H and O–H groups in total. The van der Waals surface area contributed by atoms with Crippen molar-refractivity contribution in [3.05, 3.63) is 73.6 Å². The zero-order valence-corrected chi connectivity index (χ0v) is 15.1. The number of amidine groups is 1. The van der Waals surface area contributed by atoms with Gasteiger partial charge >= 0.3 is 0 Å². The molecule has 1 aliphatic heterocycles. The average Bonchev–Trinajstić information content (AvgIpc) is 2.98. The highest BCUT2D eigenvalue weighted by Crippen LogP contribution is 2.30. The number of nitrogens with one attached hydrogen (secondary N) is 1. The number of halogens is 1. The predicted octanol–water partition coefficient (Wildman–Crippen LogP) is 3.55. The second-order valence-corrected chi connectivity index (χ2v) is 6.67. The Balaban J connectivity index is 1.79. The van der Waals surface area contributed by atoms with E-state index in [1.165, 1.54) is 36.6 Å². The molecule has 1 amide bonds. The molecule has 0 saturated carbocycles. The highest BCUT2D eigenvalue weighted by molar-refractivity contribution is 8.18. The summed E-state index contributed by atoms with van der Waals surface area (Å²) >= 11 is 7.07. The van der Waals surface area contributed by atoms with Gasteiger partial charge in [-0.15, -0.1) is 5.10 Å². The molecule has 0 bridgehead atoms. The van der Waals surface area contributed by atoms with Crippen molar-refractivity contribution < 1.29 is 14.8 Å². The number of rotatable bonds is 4. The summed E-state index contributed by atoms with van der Waals surface area (Å²) in [6, 6.07) is 10.6. The number of hydrogen-bond acceptors (Lipinski definition) is 7. The van der Waals surface area contributed by atoms with Crippen LogP contribution >= 0.6 is 23.4 Å². The number of para-hydroxylation sites is 1. The first-order valence-electron chi connectivity index (χ1n) is 7.48. The zero-order chi connectivity index (χ0) is 19.4. The van der Waals surface area contributed by atoms with Crippen molar-refractivity contribution in [2.45, 2.75) is 0 Å². The number of amides is 1. The number of non-ortho nitro benzene ring substituents is 1. The molecule has 2 aromatic rings. The number of nitrogens with zero attached hydrogens (tertiary/aromatic N) is 3. The number of aromatic hydroxyl groups is 1. The Hall–Kier alpha value is -3.17. The van der Waals surface area contributed by atoms with E-state index < -0.39 is 10.8 Å². The van der Waals surface area contributed by atoms with E-state index in [1.54, 1.807) is 18.2 Å². The second-order valence-electron chi connectivity index (χ2n) is 5.24. The van der Waals surface area contributed by atoms with Gasteiger partial charge in [-0.3, -0.25) is 20.2 Å². The molecule has 1 aliphatic rings. The van der Waals surface area contributed by atoms with Crippen molar-refractivity contribution in [3.8, 4) is 5.75 Å². The van der Waals surface area contributed by atoms with Crippen LogP contribution in [-0.2, 0) is 4.79 Å². The summed E-state index contributed by atoms with van der Waals surface area (Å²) in [5, 5.41) is 31.3. The van der Waals surface area contributed by atoms with Gasteiger partial charge in [0.25, 0.3) is 11.6 Å². The first-order chi connectivity index (χ1) is 12.9. The Kier molecular flexibility index (Phi) is 5.53. The molecule has 1 saturated heterocycles. The number of thioether (sulfide) groups is 1. The van der Waals surface area contributed by atoms with Crippen molar-refractivity contribution in [1.82, 2.24) is 5.32 Å². The summed E-state index contributed by atoms with van der Waals surface area (Å²) in [4.78, 5) is 22.7. The highest BCUT2D eigenvalue weighted by atomic mass is 35.5. The lowest BCUT2D eigenvalue weighted by atomic mass is 10.2. The Morgan fingerprint density at radius 3 is 2.74 bits per heavy atom. The largest absolute Gasteiger partial charge is 0.507 e. The fourth-order valence-electron chi connectivity index (χ4n) is 2.11. The monoisotopic (exact) mass is 402 g/mol. The summed E-state index contributed by atoms with van der Waals surface area (Å²) in [5.41, 5.74) is 0.702. The lowest BCUT2D eigenvalue weighted by Gasteiger charge is -1.99. The minimum Gasteiger partial charge on any atom is -0.507 e. The number of benzene rings is 2. The fourth-order valence-corrected chi connectivity index (χ4v) is 3.05. The van der Waals surface area contributed by atoms with E-state index in [4.69, 9.17) is 11.6 Å². The van der Waals surface area contributed by atoms with Gasteiger partial charge in [-0.25, -0.2) is 0 Å². The summed E-state index contributed by atoms with van der Waals surface area (Å²) in [6.45, 7) is 0. The second kappa shape index (κ2) is 8.02. The molecule has 0 radical (unpaired) electrons. The van der Waals surface area contributed by atoms with Crippen LogP contribution in [0.25, 0.3) is 6.08 Å². The minimum atomic E-state index is -0.541. The number of carbonyl (C=O) groups is 1. The summed E-state index contributed by atoms with van der Waals surface area (Å²) < 4.78 is 0. The third-order valence-corrected chi connectivity index (χ3v) is 4.65. The van der Waals surface area contributed by atoms with E-state index in [9.17, 15) is 20.0 Å². The topological polar surface area (TPSA) is 117 Å². The van der Waals surface area contributed by atoms with Crippen LogP contribution in [0.1, 0.15) is 11.1 Å². The summed E-state index contributed by atoms with van der Waals surface area (Å²) in [5.74, 6) is -0.357. The Labute approximate surface area is 162 Å². The predicted molar refractivity (Wildman–Crippen MR) is 105 cm³/mol. The van der Waals surface area contributed by atoms with Crippen LogP contribution in [0.15, 0.2) is 57.6 Å². The molecule has 1 fully saturated rings. The van der Waals surface area contributed by atoms with E-state index in [-0.39, 0.29) is 26.5 Å². The standard InChI is InChI=1S/C17H11ClN4O4S/c18-13-6-5-12(22(25)26)7-11(13)8-15-16(24)20-17(27-15)21-19-9-10-3-1-2-4-14(10)23/h1-9,23H,(H,20,21,24). The van der Waals surface area contributed by atoms with Crippen LogP contribution in [0, 0.1) is 10.1 Å². The molecule has 0 aliphatic carbocycles. The van der Waals surface area contributed by atoms with Crippen molar-refractivity contribution >= 4 is 52.4 Å². The lowest BCUT2D eigenvalue weighted by Crippen LogP contribution is -2.19. The van der Waals surface area contributed by atoms with E-state index in [1.807, 2.05) is 0 Å². The van der Waals surface area contributed by atoms with Gasteiger partial charge in [0, 0.05) is 28.3 Å². The van der Waals surface area contributed by atoms with Gasteiger partial charge in [-0.2, -0.15) is 5.10 Å². The van der Waals surface area contributed by atoms with Crippen molar-refractivity contribution in [2.24, 2.45) is 10.2 Å². The molecule has 0 spiro atoms. The normalized spacial score (nSPS) is 17.0. The molecular weight excluding hydrogens is 392 g/mol. The molecule has 0 aromatic heterocycles. The van der Waals surface area contributed by atoms with E-state index >= 15 is 0 Å². The molecule has 2 aromatic carbocycles. The highest BCUT2D eigenvalue weighted by Gasteiger charge is 2.24. The maximum atomic E-state index is 12.1. The Morgan fingerprint density at radius 1 is 1.22 bits per heavy atom. The quantitative estimate of drug-likeness (QED) is 0.351. The third kappa shape index (κ3) is 4.52. The van der Waals surface area contributed by atoms with E-state index in [2.05, 4.69) is 15.5 Å². The SMILES string of the molecule is O=C1NC(=NN=Cc2ccccc2O)SC1=Cc1cc([N+](=O)[O-])ccc1Cl. The smallest absolute Gasteiger partial charge is 0.270 e. The fraction of sp³-hybridized carbons (Fsp3) is 0. The van der Waals surface area contributed by atoms with Crippen LogP contribution in [0.5, 0.6) is 5.75 Å². The van der Waals surface area contributed by atoms with Crippen LogP contribution in [0.2, 0.25) is 5.02 Å². The number of phenolic OH excluding ortho intramolecular Hbond substituents is 1. The molecule has 10 heteroatoms. The summed E-state index contributed by atoms with van der Waals surface area (Å²) in [6.07, 6.45) is 2.80. The van der Waals surface area contributed by atoms with Crippen LogP contribution in [-0.4, -0.2) is 27.3 Å². The van der Waals surface area contributed by atoms with E-state index in [0.29, 0.717) is 11.1 Å². The number of nitro groups is 1. The van der Waals surface area contributed by atoms with Gasteiger partial charge in [0.15, 0.2) is 5.17 Å². The Bertz CT molecular complexity index is 1020. The molecule has 136 valence electrons. The molecule has 0 atom stereocenters. The van der Waals surface area contributed by atoms with Gasteiger partial charge in [-0.1, -0.05) is 23.7 Å². The number of carbonyl (C=O) groups excluding carboxylic acids is 1. The van der Waals surface area contributed by atoms with Crippen LogP contribution < -0.4 is 5.32 Å². The first-order valence-corrected chi connectivity index (χ1v) is 8.67. The average molecular weight is 403 g/mol. The number of phenols is 1. The van der Waals surface area contributed by atoms with E-state index in [0.717, 1.165) is 11.8 Å². The molecule has 8 nitrogen and oxygen atoms in total. The summed E-state index contributed by atoms with van der Waals surface area (Å²) in [7, 11) is 0. The number of hydrogen-bond donors (Lipinski definition) is 2. The molecule has 0 unspecified atom stereocenters. The number of nitro benzene ring substituents is 1. The molecule has 27 heavy (non-hydrogen) atoms. The Morgan fingerprint density at radius 2 is 2.00 bits per heavy atom. The molecule has 3 rings (SSSR count). The van der Waals surface area contributed by atoms with Gasteiger partial charge < -0.3 is 5.11 Å². The first kappa shape index (κ1) is 18.6.